The molecular formula is C18H37KN4O4. The van der Waals surface area contributed by atoms with Gasteiger partial charge in [-0.3, -0.25) is 0 Å². The molecule has 0 saturated heterocycles. The first-order valence-electron chi connectivity index (χ1n) is 9.67. The number of hydrogen-bond acceptors (Lipinski definition) is 8. The summed E-state index contributed by atoms with van der Waals surface area (Å²) < 4.78 is 5.48. The van der Waals surface area contributed by atoms with Crippen molar-refractivity contribution in [1.29, 1.82) is 0 Å². The molecule has 8 N–H and O–H groups in total. The van der Waals surface area contributed by atoms with Gasteiger partial charge in [0.15, 0.2) is 0 Å². The van der Waals surface area contributed by atoms with Gasteiger partial charge in [0.1, 0.15) is 0 Å². The van der Waals surface area contributed by atoms with Crippen LogP contribution in [0.15, 0.2) is 12.2 Å². The van der Waals surface area contributed by atoms with Crippen molar-refractivity contribution in [3.63, 3.8) is 0 Å². The molecule has 1 aliphatic heterocycles. The van der Waals surface area contributed by atoms with Gasteiger partial charge in [-0.2, -0.15) is 0 Å². The first-order valence-corrected chi connectivity index (χ1v) is 9.67. The van der Waals surface area contributed by atoms with Crippen LogP contribution in [-0.2, 0) is 4.74 Å². The van der Waals surface area contributed by atoms with Gasteiger partial charge in [0.05, 0.1) is 25.4 Å². The van der Waals surface area contributed by atoms with Gasteiger partial charge in [-0.05, 0) is 32.4 Å². The van der Waals surface area contributed by atoms with E-state index in [9.17, 15) is 5.11 Å². The molecule has 1 fully saturated rings. The average Bonchev–Trinajstić information content (AvgIpc) is 2.64. The average molecular weight is 413 g/mol. The normalized spacial score (nSPS) is 28.6. The summed E-state index contributed by atoms with van der Waals surface area (Å²) in [5.74, 6) is 0. The predicted molar refractivity (Wildman–Crippen MR) is 101 cm³/mol. The number of aliphatic hydroxyl groups is 2. The monoisotopic (exact) mass is 412 g/mol. The predicted octanol–water partition coefficient (Wildman–Crippen LogP) is -5.19. The van der Waals surface area contributed by atoms with Crippen molar-refractivity contribution in [2.45, 2.75) is 62.5 Å². The van der Waals surface area contributed by atoms with Crippen molar-refractivity contribution in [3.05, 3.63) is 12.2 Å². The third-order valence-electron chi connectivity index (χ3n) is 4.42. The second-order valence-corrected chi connectivity index (χ2v) is 7.00. The fourth-order valence-corrected chi connectivity index (χ4v) is 3.03. The molecule has 1 heterocycles. The third kappa shape index (κ3) is 14.6. The van der Waals surface area contributed by atoms with Crippen LogP contribution in [0.2, 0.25) is 0 Å². The zero-order valence-electron chi connectivity index (χ0n) is 16.7. The molecule has 1 saturated carbocycles. The smallest absolute Gasteiger partial charge is 0.852 e. The topological polar surface area (TPSA) is 149 Å². The second kappa shape index (κ2) is 17.9. The molecule has 5 unspecified atom stereocenters. The van der Waals surface area contributed by atoms with E-state index in [1.165, 1.54) is 0 Å². The molecule has 0 bridgehead atoms. The summed E-state index contributed by atoms with van der Waals surface area (Å²) in [6, 6.07) is 0.0532. The number of ether oxygens (including phenoxy) is 1. The van der Waals surface area contributed by atoms with Crippen molar-refractivity contribution in [1.82, 2.24) is 10.6 Å². The number of hydrogen-bond donors (Lipinski definition) is 6. The van der Waals surface area contributed by atoms with E-state index in [1.54, 1.807) is 0 Å². The van der Waals surface area contributed by atoms with E-state index in [-0.39, 0.29) is 76.2 Å². The Kier molecular flexibility index (Phi) is 18.6. The maximum Gasteiger partial charge on any atom is 1.00 e. The Bertz CT molecular complexity index is 369. The quantitative estimate of drug-likeness (QED) is 0.125. The van der Waals surface area contributed by atoms with Crippen molar-refractivity contribution < 1.29 is 71.4 Å². The standard InChI is InChI=1S/C9H19N2O3.C9H18N2O.K/c10-6-1-7(3-8(13)2-6)11-4-9(14)5-12;10-5-3-6-11-8-9-4-1-2-7-12-9;/h6-9,11-12,14H,1-5,10H2;1,4,9,11H,2-3,5-8,10H2;/q-1;;+1. The Balaban J connectivity index is 0.000000488. The first kappa shape index (κ1) is 28.1. The van der Waals surface area contributed by atoms with Gasteiger partial charge in [0, 0.05) is 25.2 Å². The minimum absolute atomic E-state index is 0. The van der Waals surface area contributed by atoms with E-state index in [1.807, 2.05) is 0 Å². The number of aliphatic hydroxyl groups excluding tert-OH is 2. The zero-order chi connectivity index (χ0) is 19.2. The Morgan fingerprint density at radius 1 is 1.30 bits per heavy atom. The summed E-state index contributed by atoms with van der Waals surface area (Å²) >= 11 is 0. The Morgan fingerprint density at radius 2 is 2.07 bits per heavy atom. The molecule has 0 radical (unpaired) electrons. The Morgan fingerprint density at radius 3 is 2.67 bits per heavy atom. The first-order chi connectivity index (χ1) is 12.5. The van der Waals surface area contributed by atoms with Crippen molar-refractivity contribution in [3.8, 4) is 0 Å². The molecule has 0 aromatic carbocycles. The minimum Gasteiger partial charge on any atom is -0.852 e. The maximum atomic E-state index is 11.2. The Labute approximate surface area is 205 Å². The summed E-state index contributed by atoms with van der Waals surface area (Å²) in [4.78, 5) is 0. The third-order valence-corrected chi connectivity index (χ3v) is 4.42. The van der Waals surface area contributed by atoms with Gasteiger partial charge in [-0.25, -0.2) is 0 Å². The number of nitrogens with two attached hydrogens (primary N) is 2. The van der Waals surface area contributed by atoms with Gasteiger partial charge >= 0.3 is 51.4 Å². The van der Waals surface area contributed by atoms with Gasteiger partial charge < -0.3 is 42.2 Å². The van der Waals surface area contributed by atoms with Gasteiger partial charge in [0.25, 0.3) is 0 Å². The van der Waals surface area contributed by atoms with Gasteiger partial charge in [0.2, 0.25) is 0 Å². The molecule has 5 atom stereocenters. The van der Waals surface area contributed by atoms with E-state index in [4.69, 9.17) is 26.4 Å². The molecule has 27 heavy (non-hydrogen) atoms. The van der Waals surface area contributed by atoms with Gasteiger partial charge in [-0.1, -0.05) is 25.0 Å². The molecular weight excluding hydrogens is 375 g/mol. The minimum atomic E-state index is -0.752. The van der Waals surface area contributed by atoms with Crippen LogP contribution in [0.25, 0.3) is 0 Å². The van der Waals surface area contributed by atoms with Crippen LogP contribution in [-0.4, -0.2) is 80.0 Å². The van der Waals surface area contributed by atoms with E-state index in [2.05, 4.69) is 22.8 Å². The summed E-state index contributed by atoms with van der Waals surface area (Å²) in [7, 11) is 0. The molecule has 0 amide bonds. The molecule has 0 aromatic rings. The zero-order valence-corrected chi connectivity index (χ0v) is 19.8. The molecule has 9 heteroatoms. The van der Waals surface area contributed by atoms with Crippen LogP contribution in [0.3, 0.4) is 0 Å². The van der Waals surface area contributed by atoms with E-state index < -0.39 is 12.2 Å². The Hall–Kier alpha value is 1.06. The summed E-state index contributed by atoms with van der Waals surface area (Å²) in [6.07, 6.45) is 7.20. The van der Waals surface area contributed by atoms with Crippen LogP contribution < -0.4 is 78.6 Å². The van der Waals surface area contributed by atoms with Crippen LogP contribution in [0.5, 0.6) is 0 Å². The number of rotatable bonds is 9. The second-order valence-electron chi connectivity index (χ2n) is 7.00. The molecule has 1 aliphatic carbocycles. The fourth-order valence-electron chi connectivity index (χ4n) is 3.03. The van der Waals surface area contributed by atoms with Crippen molar-refractivity contribution in [2.75, 3.05) is 39.4 Å². The van der Waals surface area contributed by atoms with E-state index >= 15 is 0 Å². The van der Waals surface area contributed by atoms with Crippen LogP contribution >= 0.6 is 0 Å². The molecule has 2 rings (SSSR count). The largest absolute Gasteiger partial charge is 1.00 e. The maximum absolute atomic E-state index is 11.2. The van der Waals surface area contributed by atoms with Gasteiger partial charge in [-0.15, -0.1) is 6.10 Å². The molecule has 8 nitrogen and oxygen atoms in total. The van der Waals surface area contributed by atoms with Crippen LogP contribution in [0.4, 0.5) is 0 Å². The van der Waals surface area contributed by atoms with E-state index in [0.717, 1.165) is 45.5 Å². The SMILES string of the molecule is NC1CC([O-])CC(NCC(O)CO)C1.NCCCNCC1C=CCCO1.[K+]. The molecule has 0 aromatic heterocycles. The molecule has 154 valence electrons. The molecule has 0 spiro atoms. The van der Waals surface area contributed by atoms with Crippen molar-refractivity contribution in [2.24, 2.45) is 11.5 Å². The molecule has 2 aliphatic rings. The summed E-state index contributed by atoms with van der Waals surface area (Å²) in [6.45, 7) is 3.59. The van der Waals surface area contributed by atoms with Crippen LogP contribution in [0.1, 0.15) is 32.1 Å². The number of nitrogens with one attached hydrogen (secondary N) is 2. The fraction of sp³-hybridized carbons (Fsp3) is 0.889. The van der Waals surface area contributed by atoms with Crippen molar-refractivity contribution >= 4 is 0 Å². The summed E-state index contributed by atoms with van der Waals surface area (Å²) in [5.41, 5.74) is 11.1. The summed E-state index contributed by atoms with van der Waals surface area (Å²) in [5, 5.41) is 35.3. The van der Waals surface area contributed by atoms with E-state index in [0.29, 0.717) is 19.4 Å². The van der Waals surface area contributed by atoms with Crippen LogP contribution in [0, 0.1) is 0 Å².